The Kier molecular flexibility index (Phi) is 11.4. The summed E-state index contributed by atoms with van der Waals surface area (Å²) < 4.78 is 9.18. The Morgan fingerprint density at radius 1 is 0.651 bits per heavy atom. The number of aryl methyl sites for hydroxylation is 5. The van der Waals surface area contributed by atoms with Crippen LogP contribution in [0.2, 0.25) is 0 Å². The first-order valence-electron chi connectivity index (χ1n) is 21.8. The third-order valence-electron chi connectivity index (χ3n) is 13.2. The van der Waals surface area contributed by atoms with E-state index in [9.17, 15) is 0 Å². The van der Waals surface area contributed by atoms with E-state index >= 15 is 0 Å². The van der Waals surface area contributed by atoms with Gasteiger partial charge in [0.1, 0.15) is 5.65 Å². The summed E-state index contributed by atoms with van der Waals surface area (Å²) in [5.74, 6) is 2.06. The predicted molar refractivity (Wildman–Crippen MR) is 258 cm³/mol. The Morgan fingerprint density at radius 3 is 1.90 bits per heavy atom. The molecule has 6 aromatic carbocycles. The summed E-state index contributed by atoms with van der Waals surface area (Å²) in [6, 6.07) is 53.0. The van der Waals surface area contributed by atoms with Gasteiger partial charge in [-0.2, -0.15) is 0 Å². The van der Waals surface area contributed by atoms with Gasteiger partial charge in [-0.1, -0.05) is 136 Å². The number of hydrogen-bond donors (Lipinski definition) is 0. The second-order valence-electron chi connectivity index (χ2n) is 19.1. The first-order valence-corrected chi connectivity index (χ1v) is 21.8. The van der Waals surface area contributed by atoms with Gasteiger partial charge in [-0.3, -0.25) is 0 Å². The predicted octanol–water partition coefficient (Wildman–Crippen LogP) is 14.0. The molecule has 0 amide bonds. The number of aromatic nitrogens is 2. The van der Waals surface area contributed by atoms with Crippen LogP contribution in [0, 0.1) is 46.8 Å². The van der Waals surface area contributed by atoms with Crippen LogP contribution in [0.3, 0.4) is 0 Å². The maximum atomic E-state index is 6.96. The fourth-order valence-corrected chi connectivity index (χ4v) is 9.97. The van der Waals surface area contributed by atoms with Crippen LogP contribution in [0.1, 0.15) is 97.5 Å². The van der Waals surface area contributed by atoms with Crippen molar-refractivity contribution >= 4 is 33.5 Å². The fourth-order valence-electron chi connectivity index (χ4n) is 9.97. The zero-order valence-corrected chi connectivity index (χ0v) is 40.6. The minimum atomic E-state index is -0.619. The molecule has 0 saturated heterocycles. The van der Waals surface area contributed by atoms with Gasteiger partial charge in [-0.15, -0.1) is 41.0 Å². The van der Waals surface area contributed by atoms with E-state index in [2.05, 4.69) is 219 Å². The van der Waals surface area contributed by atoms with E-state index in [-0.39, 0.29) is 32.4 Å². The zero-order valence-electron chi connectivity index (χ0n) is 38.3. The number of nitrogens with zero attached hydrogens (tertiary/aromatic N) is 4. The fraction of sp³-hybridized carbons (Fsp3) is 0.263. The normalized spacial score (nSPS) is 16.1. The molecule has 0 radical (unpaired) electrons. The van der Waals surface area contributed by atoms with E-state index in [4.69, 9.17) is 14.7 Å². The van der Waals surface area contributed by atoms with Crippen molar-refractivity contribution in [3.63, 3.8) is 0 Å². The van der Waals surface area contributed by atoms with Crippen molar-refractivity contribution in [1.82, 2.24) is 9.55 Å². The Morgan fingerprint density at radius 2 is 1.27 bits per heavy atom. The minimum absolute atomic E-state index is 0. The molecule has 0 N–H and O–H groups in total. The molecule has 6 heteroatoms. The molecule has 2 aromatic heterocycles. The molecule has 63 heavy (non-hydrogen) atoms. The standard InChI is InChI=1S/C57H56N4O.Pt/c1-36-28-39(4)52(40(5)29-36)61-53(59-57(11,56(61,9)10)51(41-21-14-12-15-22-41)42-23-16-13-17-24-42)43-30-37(2)31-46(32-43)62-47-34-44(55(6,7)8)33-45(35-47)60-49-26-18-20-38(3)50(49)48-25-19-27-58-54(48)60;/h12-31,33-34,51H,1-11H3;/q-2;+2/t57-;/m1./s1. The molecule has 8 aromatic rings. The van der Waals surface area contributed by atoms with Crippen molar-refractivity contribution in [3.05, 3.63) is 196 Å². The van der Waals surface area contributed by atoms with Gasteiger partial charge in [-0.25, -0.2) is 4.98 Å². The molecule has 0 spiro atoms. The van der Waals surface area contributed by atoms with E-state index in [0.717, 1.165) is 44.8 Å². The Labute approximate surface area is 388 Å². The SMILES string of the molecule is Cc1cc(Oc2[c-]c(-n3c4cccc(C)c4c4cccnc43)cc(C(C)(C)C)c2)[c-]c(C2=N[C@](C)(C(c3ccccc3)c3ccccc3)C(C)(C)N2c2c(C)cc(C)cc2C)c1.[Pt+2]. The van der Waals surface area contributed by atoms with Crippen molar-refractivity contribution in [2.24, 2.45) is 4.99 Å². The summed E-state index contributed by atoms with van der Waals surface area (Å²) in [5, 5.41) is 2.31. The van der Waals surface area contributed by atoms with E-state index in [0.29, 0.717) is 11.5 Å². The van der Waals surface area contributed by atoms with Gasteiger partial charge in [0.25, 0.3) is 0 Å². The number of fused-ring (bicyclic) bond motifs is 3. The molecule has 9 rings (SSSR count). The number of aliphatic imine (C=N–C) groups is 1. The number of amidine groups is 1. The van der Waals surface area contributed by atoms with Gasteiger partial charge in [0, 0.05) is 40.1 Å². The summed E-state index contributed by atoms with van der Waals surface area (Å²) in [4.78, 5) is 13.3. The van der Waals surface area contributed by atoms with Gasteiger partial charge in [0.2, 0.25) is 0 Å². The molecule has 1 aliphatic rings. The topological polar surface area (TPSA) is 42.6 Å². The average Bonchev–Trinajstić information content (AvgIpc) is 3.67. The van der Waals surface area contributed by atoms with Gasteiger partial charge in [0.15, 0.2) is 0 Å². The quantitative estimate of drug-likeness (QED) is 0.142. The number of pyridine rings is 1. The number of benzene rings is 6. The summed E-state index contributed by atoms with van der Waals surface area (Å²) in [5.41, 5.74) is 13.2. The van der Waals surface area contributed by atoms with E-state index in [1.807, 2.05) is 12.3 Å². The van der Waals surface area contributed by atoms with E-state index in [1.165, 1.54) is 44.5 Å². The van der Waals surface area contributed by atoms with Crippen molar-refractivity contribution in [2.45, 2.75) is 98.6 Å². The van der Waals surface area contributed by atoms with Crippen LogP contribution in [-0.4, -0.2) is 26.5 Å². The van der Waals surface area contributed by atoms with Gasteiger partial charge < -0.3 is 19.2 Å². The van der Waals surface area contributed by atoms with Crippen LogP contribution >= 0.6 is 0 Å². The average molecular weight is 1010 g/mol. The van der Waals surface area contributed by atoms with Crippen molar-refractivity contribution < 1.29 is 25.8 Å². The van der Waals surface area contributed by atoms with Crippen LogP contribution in [0.5, 0.6) is 11.5 Å². The molecule has 0 unspecified atom stereocenters. The smallest absolute Gasteiger partial charge is 0.503 e. The molecule has 5 nitrogen and oxygen atoms in total. The van der Waals surface area contributed by atoms with Gasteiger partial charge in [-0.05, 0) is 99.9 Å². The second kappa shape index (κ2) is 16.4. The van der Waals surface area contributed by atoms with Crippen molar-refractivity contribution in [1.29, 1.82) is 0 Å². The van der Waals surface area contributed by atoms with Crippen LogP contribution in [0.15, 0.2) is 139 Å². The molecule has 3 heterocycles. The molecular weight excluding hydrogens is 952 g/mol. The summed E-state index contributed by atoms with van der Waals surface area (Å²) in [7, 11) is 0. The number of ether oxygens (including phenoxy) is 1. The van der Waals surface area contributed by atoms with Crippen molar-refractivity contribution in [2.75, 3.05) is 4.90 Å². The maximum Gasteiger partial charge on any atom is 2.00 e. The maximum absolute atomic E-state index is 6.96. The number of anilines is 1. The largest absolute Gasteiger partial charge is 2.00 e. The summed E-state index contributed by atoms with van der Waals surface area (Å²) in [6.45, 7) is 24.7. The Bertz CT molecular complexity index is 2970. The molecule has 0 aliphatic carbocycles. The van der Waals surface area contributed by atoms with Gasteiger partial charge in [0.05, 0.1) is 22.4 Å². The molecule has 0 bridgehead atoms. The molecular formula is C57H56N4OPt. The summed E-state index contributed by atoms with van der Waals surface area (Å²) in [6.07, 6.45) is 1.87. The third-order valence-corrected chi connectivity index (χ3v) is 13.2. The molecule has 0 fully saturated rings. The first kappa shape index (κ1) is 43.9. The van der Waals surface area contributed by atoms with Crippen LogP contribution in [-0.2, 0) is 26.5 Å². The molecule has 1 atom stereocenters. The van der Waals surface area contributed by atoms with Crippen LogP contribution < -0.4 is 9.64 Å². The second-order valence-corrected chi connectivity index (χ2v) is 19.1. The zero-order chi connectivity index (χ0) is 43.7. The van der Waals surface area contributed by atoms with Crippen LogP contribution in [0.4, 0.5) is 5.69 Å². The molecule has 1 aliphatic heterocycles. The first-order chi connectivity index (χ1) is 29.5. The van der Waals surface area contributed by atoms with E-state index in [1.54, 1.807) is 0 Å². The minimum Gasteiger partial charge on any atom is -0.503 e. The third kappa shape index (κ3) is 7.63. The molecule has 320 valence electrons. The monoisotopic (exact) mass is 1010 g/mol. The summed E-state index contributed by atoms with van der Waals surface area (Å²) >= 11 is 0. The number of rotatable bonds is 8. The Hall–Kier alpha value is -5.77. The van der Waals surface area contributed by atoms with Crippen molar-refractivity contribution in [3.8, 4) is 17.2 Å². The van der Waals surface area contributed by atoms with Gasteiger partial charge >= 0.3 is 21.1 Å². The number of hydrogen-bond acceptors (Lipinski definition) is 4. The molecule has 0 saturated carbocycles. The van der Waals surface area contributed by atoms with Crippen LogP contribution in [0.25, 0.3) is 27.6 Å². The Balaban J connectivity index is 0.00000544. The van der Waals surface area contributed by atoms with E-state index < -0.39 is 11.1 Å².